The molecule has 1 atom stereocenters. The molecule has 2 aromatic rings. The summed E-state index contributed by atoms with van der Waals surface area (Å²) in [4.78, 5) is 25.0. The van der Waals surface area contributed by atoms with Crippen molar-refractivity contribution in [1.82, 2.24) is 10.6 Å². The van der Waals surface area contributed by atoms with Crippen molar-refractivity contribution >= 4 is 21.8 Å². The average molecular weight is 459 g/mol. The fourth-order valence-corrected chi connectivity index (χ4v) is 4.76. The number of carbonyl (C=O) groups excluding carboxylic acids is 2. The molecular formula is C23H26N2O6S. The Bertz CT molecular complexity index is 1160. The molecule has 170 valence electrons. The zero-order chi connectivity index (χ0) is 23.7. The SMILES string of the molecule is COC(=O)C1=C(CS(=O)(=O)c2ccc(C(C)(C)C)cc2)NC(=O)N[C@H]1c1ccc(O)cc1. The summed E-state index contributed by atoms with van der Waals surface area (Å²) >= 11 is 0. The van der Waals surface area contributed by atoms with Crippen LogP contribution < -0.4 is 10.6 Å². The van der Waals surface area contributed by atoms with E-state index < -0.39 is 33.6 Å². The molecule has 0 radical (unpaired) electrons. The van der Waals surface area contributed by atoms with Gasteiger partial charge < -0.3 is 20.5 Å². The van der Waals surface area contributed by atoms with Gasteiger partial charge in [0.25, 0.3) is 0 Å². The molecule has 3 N–H and O–H groups in total. The molecule has 3 rings (SSSR count). The number of phenols is 1. The first-order valence-electron chi connectivity index (χ1n) is 9.93. The summed E-state index contributed by atoms with van der Waals surface area (Å²) in [6.45, 7) is 6.08. The number of nitrogens with one attached hydrogen (secondary N) is 2. The van der Waals surface area contributed by atoms with E-state index in [1.807, 2.05) is 20.8 Å². The van der Waals surface area contributed by atoms with E-state index >= 15 is 0 Å². The van der Waals surface area contributed by atoms with E-state index in [-0.39, 0.29) is 27.3 Å². The third-order valence-electron chi connectivity index (χ3n) is 5.20. The number of carbonyl (C=O) groups is 2. The number of hydrogen-bond donors (Lipinski definition) is 3. The average Bonchev–Trinajstić information content (AvgIpc) is 2.72. The van der Waals surface area contributed by atoms with Crippen LogP contribution in [0.25, 0.3) is 0 Å². The molecule has 2 amide bonds. The highest BCUT2D eigenvalue weighted by Crippen LogP contribution is 2.30. The third kappa shape index (κ3) is 4.94. The minimum Gasteiger partial charge on any atom is -0.508 e. The molecule has 0 saturated heterocycles. The lowest BCUT2D eigenvalue weighted by Crippen LogP contribution is -2.47. The summed E-state index contributed by atoms with van der Waals surface area (Å²) < 4.78 is 31.1. The Labute approximate surface area is 187 Å². The van der Waals surface area contributed by atoms with E-state index in [4.69, 9.17) is 4.74 Å². The van der Waals surface area contributed by atoms with Crippen molar-refractivity contribution in [2.45, 2.75) is 37.1 Å². The second kappa shape index (κ2) is 8.66. The van der Waals surface area contributed by atoms with E-state index in [2.05, 4.69) is 10.6 Å². The molecule has 0 unspecified atom stereocenters. The minimum atomic E-state index is -3.88. The molecule has 8 nitrogen and oxygen atoms in total. The van der Waals surface area contributed by atoms with Crippen molar-refractivity contribution in [2.75, 3.05) is 12.9 Å². The molecule has 1 heterocycles. The Morgan fingerprint density at radius 2 is 1.66 bits per heavy atom. The summed E-state index contributed by atoms with van der Waals surface area (Å²) in [5, 5.41) is 14.6. The number of urea groups is 1. The second-order valence-electron chi connectivity index (χ2n) is 8.54. The Morgan fingerprint density at radius 1 is 1.06 bits per heavy atom. The fourth-order valence-electron chi connectivity index (χ4n) is 3.44. The van der Waals surface area contributed by atoms with Gasteiger partial charge in [-0.25, -0.2) is 18.0 Å². The highest BCUT2D eigenvalue weighted by molar-refractivity contribution is 7.91. The van der Waals surface area contributed by atoms with E-state index in [0.717, 1.165) is 5.56 Å². The van der Waals surface area contributed by atoms with Gasteiger partial charge >= 0.3 is 12.0 Å². The van der Waals surface area contributed by atoms with Crippen LogP contribution in [0.2, 0.25) is 0 Å². The van der Waals surface area contributed by atoms with Gasteiger partial charge in [0.2, 0.25) is 0 Å². The first kappa shape index (κ1) is 23.3. The molecule has 0 bridgehead atoms. The van der Waals surface area contributed by atoms with Crippen LogP contribution in [0.15, 0.2) is 64.7 Å². The van der Waals surface area contributed by atoms with Crippen LogP contribution in [0.5, 0.6) is 5.75 Å². The van der Waals surface area contributed by atoms with Crippen molar-refractivity contribution in [2.24, 2.45) is 0 Å². The standard InChI is InChI=1S/C23H26N2O6S/c1-23(2,3)15-7-11-17(12-8-15)32(29,30)13-18-19(21(27)31-4)20(25-22(28)24-18)14-5-9-16(26)10-6-14/h5-12,20,26H,13H2,1-4H3,(H2,24,25,28)/t20-/m0/s1. The van der Waals surface area contributed by atoms with Gasteiger partial charge in [-0.15, -0.1) is 0 Å². The van der Waals surface area contributed by atoms with Crippen molar-refractivity contribution in [1.29, 1.82) is 0 Å². The van der Waals surface area contributed by atoms with Crippen LogP contribution in [0.4, 0.5) is 4.79 Å². The molecule has 2 aromatic carbocycles. The first-order valence-corrected chi connectivity index (χ1v) is 11.6. The predicted molar refractivity (Wildman–Crippen MR) is 119 cm³/mol. The van der Waals surface area contributed by atoms with E-state index in [0.29, 0.717) is 5.56 Å². The van der Waals surface area contributed by atoms with E-state index in [1.54, 1.807) is 12.1 Å². The second-order valence-corrected chi connectivity index (χ2v) is 10.5. The maximum absolute atomic E-state index is 13.1. The van der Waals surface area contributed by atoms with Gasteiger partial charge in [-0.2, -0.15) is 0 Å². The number of esters is 1. The van der Waals surface area contributed by atoms with Gasteiger partial charge in [0.05, 0.1) is 29.4 Å². The molecular weight excluding hydrogens is 432 g/mol. The number of aromatic hydroxyl groups is 1. The Kier molecular flexibility index (Phi) is 6.32. The Hall–Kier alpha value is -3.33. The van der Waals surface area contributed by atoms with Gasteiger partial charge in [-0.3, -0.25) is 0 Å². The zero-order valence-electron chi connectivity index (χ0n) is 18.3. The van der Waals surface area contributed by atoms with Crippen molar-refractivity contribution < 1.29 is 27.9 Å². The number of hydrogen-bond acceptors (Lipinski definition) is 6. The monoisotopic (exact) mass is 458 g/mol. The maximum Gasteiger partial charge on any atom is 0.338 e. The minimum absolute atomic E-state index is 0.0131. The van der Waals surface area contributed by atoms with Gasteiger partial charge in [0, 0.05) is 5.70 Å². The molecule has 1 aliphatic heterocycles. The largest absolute Gasteiger partial charge is 0.508 e. The molecule has 0 fully saturated rings. The van der Waals surface area contributed by atoms with Crippen LogP contribution in [0.1, 0.15) is 37.9 Å². The number of phenolic OH excluding ortho intramolecular Hbond substituents is 1. The smallest absolute Gasteiger partial charge is 0.338 e. The lowest BCUT2D eigenvalue weighted by molar-refractivity contribution is -0.136. The normalized spacial score (nSPS) is 16.9. The molecule has 0 aromatic heterocycles. The van der Waals surface area contributed by atoms with Crippen molar-refractivity contribution in [3.8, 4) is 5.75 Å². The number of ether oxygens (including phenoxy) is 1. The highest BCUT2D eigenvalue weighted by Gasteiger charge is 2.35. The molecule has 0 spiro atoms. The number of methoxy groups -OCH3 is 1. The maximum atomic E-state index is 13.1. The van der Waals surface area contributed by atoms with Crippen LogP contribution in [-0.4, -0.2) is 38.4 Å². The van der Waals surface area contributed by atoms with Gasteiger partial charge in [0.1, 0.15) is 5.75 Å². The van der Waals surface area contributed by atoms with Crippen molar-refractivity contribution in [3.05, 3.63) is 70.9 Å². The fraction of sp³-hybridized carbons (Fsp3) is 0.304. The number of amides is 2. The van der Waals surface area contributed by atoms with Gasteiger partial charge in [0.15, 0.2) is 9.84 Å². The molecule has 0 aliphatic carbocycles. The van der Waals surface area contributed by atoms with Crippen molar-refractivity contribution in [3.63, 3.8) is 0 Å². The predicted octanol–water partition coefficient (Wildman–Crippen LogP) is 2.94. The zero-order valence-corrected chi connectivity index (χ0v) is 19.1. The van der Waals surface area contributed by atoms with Gasteiger partial charge in [-0.05, 0) is 40.8 Å². The molecule has 0 saturated carbocycles. The summed E-state index contributed by atoms with van der Waals surface area (Å²) in [6.07, 6.45) is 0. The summed E-state index contributed by atoms with van der Waals surface area (Å²) in [5.74, 6) is -1.35. The van der Waals surface area contributed by atoms with Crippen LogP contribution in [0, 0.1) is 0 Å². The van der Waals surface area contributed by atoms with Crippen LogP contribution >= 0.6 is 0 Å². The van der Waals surface area contributed by atoms with Gasteiger partial charge in [-0.1, -0.05) is 45.0 Å². The van der Waals surface area contributed by atoms with Crippen LogP contribution in [-0.2, 0) is 24.8 Å². The number of rotatable bonds is 5. The number of benzene rings is 2. The summed E-state index contributed by atoms with van der Waals surface area (Å²) in [5.41, 5.74) is 1.26. The topological polar surface area (TPSA) is 122 Å². The Morgan fingerprint density at radius 3 is 2.19 bits per heavy atom. The molecule has 9 heteroatoms. The van der Waals surface area contributed by atoms with E-state index in [9.17, 15) is 23.1 Å². The van der Waals surface area contributed by atoms with Crippen LogP contribution in [0.3, 0.4) is 0 Å². The summed E-state index contributed by atoms with van der Waals surface area (Å²) in [6, 6.07) is 10.8. The van der Waals surface area contributed by atoms with E-state index in [1.165, 1.54) is 43.5 Å². The first-order chi connectivity index (χ1) is 14.9. The quantitative estimate of drug-likeness (QED) is 0.592. The highest BCUT2D eigenvalue weighted by atomic mass is 32.2. The Balaban J connectivity index is 2.04. The number of sulfone groups is 1. The third-order valence-corrected chi connectivity index (χ3v) is 6.86. The lowest BCUT2D eigenvalue weighted by Gasteiger charge is -2.29. The molecule has 1 aliphatic rings. The summed E-state index contributed by atoms with van der Waals surface area (Å²) in [7, 11) is -2.70. The molecule has 32 heavy (non-hydrogen) atoms. The lowest BCUT2D eigenvalue weighted by atomic mass is 9.87.